The van der Waals surface area contributed by atoms with Gasteiger partial charge in [-0.05, 0) is 36.2 Å². The summed E-state index contributed by atoms with van der Waals surface area (Å²) in [5, 5.41) is 0.502. The van der Waals surface area contributed by atoms with E-state index in [9.17, 15) is 4.79 Å². The number of hydrogen-bond acceptors (Lipinski definition) is 3. The molecule has 4 heteroatoms. The summed E-state index contributed by atoms with van der Waals surface area (Å²) in [6.07, 6.45) is 3.40. The lowest BCUT2D eigenvalue weighted by Gasteiger charge is -2.09. The van der Waals surface area contributed by atoms with Gasteiger partial charge in [-0.2, -0.15) is 0 Å². The Morgan fingerprint density at radius 1 is 1.37 bits per heavy atom. The van der Waals surface area contributed by atoms with E-state index in [4.69, 9.17) is 16.3 Å². The average molecular weight is 276 g/mol. The van der Waals surface area contributed by atoms with Crippen LogP contribution in [-0.4, -0.2) is 17.9 Å². The molecule has 1 aromatic heterocycles. The lowest BCUT2D eigenvalue weighted by molar-refractivity contribution is 0.0990. The Morgan fingerprint density at radius 2 is 2.16 bits per heavy atom. The van der Waals surface area contributed by atoms with Gasteiger partial charge in [0.25, 0.3) is 0 Å². The summed E-state index contributed by atoms with van der Waals surface area (Å²) in [4.78, 5) is 16.2. The number of ether oxygens (including phenoxy) is 1. The number of aromatic nitrogens is 1. The summed E-state index contributed by atoms with van der Waals surface area (Å²) in [6.45, 7) is 1.95. The van der Waals surface area contributed by atoms with E-state index in [1.54, 1.807) is 25.4 Å². The normalized spacial score (nSPS) is 10.3. The zero-order valence-electron chi connectivity index (χ0n) is 10.8. The molecule has 1 aromatic carbocycles. The second kappa shape index (κ2) is 5.85. The van der Waals surface area contributed by atoms with Crippen LogP contribution in [0.1, 0.15) is 21.5 Å². The first-order valence-corrected chi connectivity index (χ1v) is 6.26. The summed E-state index contributed by atoms with van der Waals surface area (Å²) in [5.74, 6) is 0.570. The molecular formula is C15H14ClNO2. The van der Waals surface area contributed by atoms with Gasteiger partial charge in [0.15, 0.2) is 5.78 Å². The quantitative estimate of drug-likeness (QED) is 0.802. The van der Waals surface area contributed by atoms with Gasteiger partial charge in [-0.3, -0.25) is 9.78 Å². The van der Waals surface area contributed by atoms with Gasteiger partial charge in [-0.15, -0.1) is 0 Å². The molecule has 0 fully saturated rings. The standard InChI is InChI=1S/C15H14ClNO2/c1-10-3-4-12(15(7-10)19-2)14(18)8-11-5-6-17-9-13(11)16/h3-7,9H,8H2,1-2H3. The maximum atomic E-state index is 12.3. The third kappa shape index (κ3) is 3.12. The first kappa shape index (κ1) is 13.6. The minimum Gasteiger partial charge on any atom is -0.496 e. The summed E-state index contributed by atoms with van der Waals surface area (Å²) in [5.41, 5.74) is 2.39. The summed E-state index contributed by atoms with van der Waals surface area (Å²) in [7, 11) is 1.56. The van der Waals surface area contributed by atoms with E-state index in [1.807, 2.05) is 19.1 Å². The Hall–Kier alpha value is -1.87. The maximum absolute atomic E-state index is 12.3. The molecular weight excluding hydrogens is 262 g/mol. The molecule has 0 aliphatic heterocycles. The van der Waals surface area contributed by atoms with Crippen LogP contribution in [-0.2, 0) is 6.42 Å². The van der Waals surface area contributed by atoms with Crippen LogP contribution in [0.3, 0.4) is 0 Å². The molecule has 0 atom stereocenters. The number of methoxy groups -OCH3 is 1. The molecule has 98 valence electrons. The van der Waals surface area contributed by atoms with Crippen molar-refractivity contribution in [3.8, 4) is 5.75 Å². The predicted octanol–water partition coefficient (Wildman–Crippen LogP) is 3.48. The summed E-state index contributed by atoms with van der Waals surface area (Å²) < 4.78 is 5.25. The summed E-state index contributed by atoms with van der Waals surface area (Å²) in [6, 6.07) is 7.28. The van der Waals surface area contributed by atoms with Crippen LogP contribution in [0.5, 0.6) is 5.75 Å². The van der Waals surface area contributed by atoms with Crippen LogP contribution in [0.4, 0.5) is 0 Å². The van der Waals surface area contributed by atoms with Crippen molar-refractivity contribution in [3.05, 3.63) is 58.4 Å². The Labute approximate surface area is 117 Å². The van der Waals surface area contributed by atoms with Crippen molar-refractivity contribution in [3.63, 3.8) is 0 Å². The van der Waals surface area contributed by atoms with Crippen molar-refractivity contribution in [2.24, 2.45) is 0 Å². The molecule has 3 nitrogen and oxygen atoms in total. The lowest BCUT2D eigenvalue weighted by Crippen LogP contribution is -2.06. The molecule has 0 aliphatic rings. The Morgan fingerprint density at radius 3 is 2.84 bits per heavy atom. The second-order valence-electron chi connectivity index (χ2n) is 4.27. The molecule has 0 spiro atoms. The molecule has 19 heavy (non-hydrogen) atoms. The van der Waals surface area contributed by atoms with E-state index in [0.29, 0.717) is 16.3 Å². The van der Waals surface area contributed by atoms with E-state index in [-0.39, 0.29) is 12.2 Å². The zero-order valence-corrected chi connectivity index (χ0v) is 11.6. The van der Waals surface area contributed by atoms with Crippen LogP contribution in [0.25, 0.3) is 0 Å². The van der Waals surface area contributed by atoms with Gasteiger partial charge in [-0.1, -0.05) is 17.7 Å². The second-order valence-corrected chi connectivity index (χ2v) is 4.68. The minimum absolute atomic E-state index is 0.0232. The van der Waals surface area contributed by atoms with E-state index >= 15 is 0 Å². The van der Waals surface area contributed by atoms with Crippen LogP contribution >= 0.6 is 11.6 Å². The number of carbonyl (C=O) groups is 1. The van der Waals surface area contributed by atoms with Crippen LogP contribution < -0.4 is 4.74 Å². The Balaban J connectivity index is 2.28. The number of nitrogens with zero attached hydrogens (tertiary/aromatic N) is 1. The Kier molecular flexibility index (Phi) is 4.17. The highest BCUT2D eigenvalue weighted by Crippen LogP contribution is 2.23. The van der Waals surface area contributed by atoms with Crippen molar-refractivity contribution in [1.82, 2.24) is 4.98 Å². The topological polar surface area (TPSA) is 39.2 Å². The number of hydrogen-bond donors (Lipinski definition) is 0. The van der Waals surface area contributed by atoms with Crippen molar-refractivity contribution >= 4 is 17.4 Å². The van der Waals surface area contributed by atoms with E-state index < -0.39 is 0 Å². The van der Waals surface area contributed by atoms with Crippen LogP contribution in [0, 0.1) is 6.92 Å². The van der Waals surface area contributed by atoms with E-state index in [0.717, 1.165) is 11.1 Å². The largest absolute Gasteiger partial charge is 0.496 e. The number of Topliss-reactive ketones (excluding diaryl/α,β-unsaturated/α-hetero) is 1. The zero-order chi connectivity index (χ0) is 13.8. The maximum Gasteiger partial charge on any atom is 0.171 e. The number of benzene rings is 1. The van der Waals surface area contributed by atoms with Crippen molar-refractivity contribution in [2.75, 3.05) is 7.11 Å². The van der Waals surface area contributed by atoms with Gasteiger partial charge in [0.05, 0.1) is 17.7 Å². The molecule has 0 saturated carbocycles. The minimum atomic E-state index is -0.0232. The predicted molar refractivity (Wildman–Crippen MR) is 75.0 cm³/mol. The van der Waals surface area contributed by atoms with E-state index in [1.165, 1.54) is 6.20 Å². The van der Waals surface area contributed by atoms with Gasteiger partial charge in [0.2, 0.25) is 0 Å². The molecule has 0 aliphatic carbocycles. The number of halogens is 1. The Bertz CT molecular complexity index is 611. The molecule has 0 bridgehead atoms. The van der Waals surface area contributed by atoms with Crippen molar-refractivity contribution < 1.29 is 9.53 Å². The number of pyridine rings is 1. The van der Waals surface area contributed by atoms with Crippen molar-refractivity contribution in [1.29, 1.82) is 0 Å². The lowest BCUT2D eigenvalue weighted by atomic mass is 10.0. The monoisotopic (exact) mass is 275 g/mol. The highest BCUT2D eigenvalue weighted by atomic mass is 35.5. The number of carbonyl (C=O) groups excluding carboxylic acids is 1. The highest BCUT2D eigenvalue weighted by Gasteiger charge is 2.14. The molecule has 0 N–H and O–H groups in total. The SMILES string of the molecule is COc1cc(C)ccc1C(=O)Cc1ccncc1Cl. The van der Waals surface area contributed by atoms with Crippen LogP contribution in [0.15, 0.2) is 36.7 Å². The smallest absolute Gasteiger partial charge is 0.171 e. The van der Waals surface area contributed by atoms with Crippen LogP contribution in [0.2, 0.25) is 5.02 Å². The third-order valence-corrected chi connectivity index (χ3v) is 3.21. The molecule has 0 saturated heterocycles. The molecule has 1 heterocycles. The summed E-state index contributed by atoms with van der Waals surface area (Å²) >= 11 is 6.01. The van der Waals surface area contributed by atoms with Crippen molar-refractivity contribution in [2.45, 2.75) is 13.3 Å². The number of rotatable bonds is 4. The molecule has 0 radical (unpaired) electrons. The number of ketones is 1. The molecule has 2 rings (SSSR count). The first-order valence-electron chi connectivity index (χ1n) is 5.88. The van der Waals surface area contributed by atoms with Gasteiger partial charge >= 0.3 is 0 Å². The van der Waals surface area contributed by atoms with Gasteiger partial charge in [0, 0.05) is 18.8 Å². The van der Waals surface area contributed by atoms with Gasteiger partial charge in [0.1, 0.15) is 5.75 Å². The first-order chi connectivity index (χ1) is 9.11. The van der Waals surface area contributed by atoms with Gasteiger partial charge < -0.3 is 4.74 Å². The highest BCUT2D eigenvalue weighted by molar-refractivity contribution is 6.31. The fourth-order valence-electron chi connectivity index (χ4n) is 1.84. The molecule has 0 amide bonds. The fraction of sp³-hybridized carbons (Fsp3) is 0.200. The number of aryl methyl sites for hydroxylation is 1. The average Bonchev–Trinajstić information content (AvgIpc) is 2.41. The third-order valence-electron chi connectivity index (χ3n) is 2.86. The van der Waals surface area contributed by atoms with E-state index in [2.05, 4.69) is 4.98 Å². The molecule has 2 aromatic rings. The molecule has 0 unspecified atom stereocenters. The van der Waals surface area contributed by atoms with Gasteiger partial charge in [-0.25, -0.2) is 0 Å². The fourth-order valence-corrected chi connectivity index (χ4v) is 2.03.